The molecule has 12 nitrogen and oxygen atoms in total. The van der Waals surface area contributed by atoms with Gasteiger partial charge in [-0.15, -0.1) is 0 Å². The molecule has 66 heavy (non-hydrogen) atoms. The van der Waals surface area contributed by atoms with Crippen molar-refractivity contribution in [1.82, 2.24) is 0 Å². The Morgan fingerprint density at radius 2 is 1.05 bits per heavy atom. The molecule has 6 atom stereocenters. The Labute approximate surface area is 401 Å². The van der Waals surface area contributed by atoms with Gasteiger partial charge in [0.25, 0.3) is 0 Å². The summed E-state index contributed by atoms with van der Waals surface area (Å²) in [5.74, 6) is -0.440. The third kappa shape index (κ3) is 36.6. The number of aliphatic hydroxyl groups excluding tert-OH is 3. The summed E-state index contributed by atoms with van der Waals surface area (Å²) in [5, 5.41) is 30.8. The lowest BCUT2D eigenvalue weighted by atomic mass is 9.99. The summed E-state index contributed by atoms with van der Waals surface area (Å²) in [6.07, 6.45) is 47.9. The van der Waals surface area contributed by atoms with E-state index in [1.54, 1.807) is 0 Å². The maximum absolute atomic E-state index is 12.9. The van der Waals surface area contributed by atoms with E-state index < -0.39 is 59.8 Å². The fraction of sp³-hybridized carbons (Fsp3) is 0.755. The molecule has 0 aromatic heterocycles. The van der Waals surface area contributed by atoms with E-state index in [0.29, 0.717) is 13.0 Å². The van der Waals surface area contributed by atoms with Crippen LogP contribution in [0.5, 0.6) is 0 Å². The van der Waals surface area contributed by atoms with Gasteiger partial charge in [-0.3, -0.25) is 9.35 Å². The zero-order valence-corrected chi connectivity index (χ0v) is 41.8. The lowest BCUT2D eigenvalue weighted by Gasteiger charge is -2.41. The van der Waals surface area contributed by atoms with E-state index in [0.717, 1.165) is 70.6 Å². The molecule has 0 aromatic rings. The monoisotopic (exact) mass is 953 g/mol. The molecule has 1 fully saturated rings. The quantitative estimate of drug-likeness (QED) is 0.0197. The summed E-state index contributed by atoms with van der Waals surface area (Å²) < 4.78 is 59.2. The molecule has 0 spiro atoms. The van der Waals surface area contributed by atoms with Crippen molar-refractivity contribution in [2.24, 2.45) is 0 Å². The molecular weight excluding hydrogens is 861 g/mol. The first-order valence-corrected chi connectivity index (χ1v) is 27.1. The number of hydrogen-bond acceptors (Lipinski definition) is 11. The second-order valence-corrected chi connectivity index (χ2v) is 18.4. The van der Waals surface area contributed by atoms with Crippen LogP contribution in [0.4, 0.5) is 0 Å². The molecule has 1 heterocycles. The molecule has 1 rings (SSSR count). The summed E-state index contributed by atoms with van der Waals surface area (Å²) in [6.45, 7) is 3.84. The smallest absolute Gasteiger partial charge is 0.397 e. The number of carbonyl (C=O) groups is 1. The third-order valence-electron chi connectivity index (χ3n) is 11.3. The highest BCUT2D eigenvalue weighted by molar-refractivity contribution is 7.80. The predicted molar refractivity (Wildman–Crippen MR) is 266 cm³/mol. The molecule has 382 valence electrons. The Bertz CT molecular complexity index is 1420. The predicted octanol–water partition coefficient (Wildman–Crippen LogP) is 11.9. The molecule has 0 bridgehead atoms. The van der Waals surface area contributed by atoms with Crippen molar-refractivity contribution in [2.75, 3.05) is 26.4 Å². The van der Waals surface area contributed by atoms with Crippen LogP contribution in [0.3, 0.4) is 0 Å². The van der Waals surface area contributed by atoms with Gasteiger partial charge in [0.1, 0.15) is 30.5 Å². The molecule has 0 aromatic carbocycles. The molecule has 4 N–H and O–H groups in total. The van der Waals surface area contributed by atoms with Crippen LogP contribution < -0.4 is 0 Å². The minimum atomic E-state index is -5.07. The van der Waals surface area contributed by atoms with Crippen LogP contribution in [0.15, 0.2) is 72.9 Å². The van der Waals surface area contributed by atoms with Gasteiger partial charge < -0.3 is 34.3 Å². The molecule has 6 unspecified atom stereocenters. The van der Waals surface area contributed by atoms with Crippen molar-refractivity contribution in [2.45, 2.75) is 230 Å². The number of ether oxygens (including phenoxy) is 4. The lowest BCUT2D eigenvalue weighted by molar-refractivity contribution is -0.301. The van der Waals surface area contributed by atoms with Gasteiger partial charge in [0.15, 0.2) is 6.29 Å². The van der Waals surface area contributed by atoms with E-state index >= 15 is 0 Å². The normalized spacial score (nSPS) is 20.1. The number of hydrogen-bond donors (Lipinski definition) is 4. The summed E-state index contributed by atoms with van der Waals surface area (Å²) in [5.41, 5.74) is 0. The van der Waals surface area contributed by atoms with E-state index in [1.165, 1.54) is 96.3 Å². The molecule has 0 saturated carbocycles. The second-order valence-electron chi connectivity index (χ2n) is 17.4. The van der Waals surface area contributed by atoms with E-state index in [-0.39, 0.29) is 19.6 Å². The lowest BCUT2D eigenvalue weighted by Crippen LogP contribution is -2.60. The van der Waals surface area contributed by atoms with E-state index in [1.807, 2.05) is 0 Å². The summed E-state index contributed by atoms with van der Waals surface area (Å²) in [4.78, 5) is 12.9. The topological polar surface area (TPSA) is 178 Å². The zero-order valence-electron chi connectivity index (χ0n) is 41.0. The summed E-state index contributed by atoms with van der Waals surface area (Å²) in [6, 6.07) is 0. The van der Waals surface area contributed by atoms with Gasteiger partial charge in [0, 0.05) is 13.0 Å². The third-order valence-corrected chi connectivity index (χ3v) is 11.8. The van der Waals surface area contributed by atoms with Gasteiger partial charge in [0.05, 0.1) is 19.8 Å². The van der Waals surface area contributed by atoms with Crippen molar-refractivity contribution in [3.8, 4) is 0 Å². The second kappa shape index (κ2) is 43.8. The van der Waals surface area contributed by atoms with Crippen molar-refractivity contribution in [3.05, 3.63) is 72.9 Å². The largest absolute Gasteiger partial charge is 0.457 e. The first kappa shape index (κ1) is 61.6. The number of allylic oxidation sites excluding steroid dienone is 12. The summed E-state index contributed by atoms with van der Waals surface area (Å²) >= 11 is 0. The van der Waals surface area contributed by atoms with Crippen molar-refractivity contribution >= 4 is 16.4 Å². The molecule has 0 aliphatic carbocycles. The van der Waals surface area contributed by atoms with Gasteiger partial charge in [-0.2, -0.15) is 8.42 Å². The van der Waals surface area contributed by atoms with Crippen LogP contribution in [-0.2, 0) is 38.3 Å². The fourth-order valence-electron chi connectivity index (χ4n) is 7.50. The first-order chi connectivity index (χ1) is 32.1. The Morgan fingerprint density at radius 3 is 1.50 bits per heavy atom. The number of aliphatic hydroxyl groups is 3. The average molecular weight is 953 g/mol. The van der Waals surface area contributed by atoms with E-state index in [9.17, 15) is 33.1 Å². The highest BCUT2D eigenvalue weighted by Gasteiger charge is 2.48. The van der Waals surface area contributed by atoms with Crippen LogP contribution in [0.25, 0.3) is 0 Å². The van der Waals surface area contributed by atoms with Gasteiger partial charge in [-0.05, 0) is 64.2 Å². The maximum atomic E-state index is 12.9. The molecule has 13 heteroatoms. The zero-order chi connectivity index (χ0) is 48.2. The molecule has 1 aliphatic rings. The standard InChI is InChI=1S/C53H92O12S/c1-3-5-7-9-11-13-15-17-19-21-23-24-25-26-28-30-32-34-36-38-40-42-49(55)63-47(46-62-53-51(57)52(65-66(58,59)60)50(56)48(44-54)64-53)45-61-43-41-39-37-35-33-31-29-27-22-20-18-16-14-12-10-8-6-4-2/h5,7,11,13,17,19,23-24,26,28,32,34,47-48,50-54,56-57H,3-4,6,8-10,12,14-16,18,20-22,25,27,29-31,33,35-46H2,1-2H3,(H,58,59,60)/b7-5-,13-11-,19-17-,24-23-,28-26-,34-32-. The number of carbonyl (C=O) groups excluding carboxylic acids is 1. The van der Waals surface area contributed by atoms with Gasteiger partial charge >= 0.3 is 16.4 Å². The van der Waals surface area contributed by atoms with Crippen LogP contribution in [0.2, 0.25) is 0 Å². The molecule has 1 aliphatic heterocycles. The number of rotatable bonds is 44. The minimum Gasteiger partial charge on any atom is -0.457 e. The van der Waals surface area contributed by atoms with Crippen LogP contribution in [0.1, 0.15) is 194 Å². The minimum absolute atomic E-state index is 0.0169. The Morgan fingerprint density at radius 1 is 0.591 bits per heavy atom. The van der Waals surface area contributed by atoms with Crippen molar-refractivity contribution in [1.29, 1.82) is 0 Å². The van der Waals surface area contributed by atoms with Gasteiger partial charge in [-0.1, -0.05) is 196 Å². The van der Waals surface area contributed by atoms with Crippen LogP contribution >= 0.6 is 0 Å². The first-order valence-electron chi connectivity index (χ1n) is 25.7. The Kier molecular flexibility index (Phi) is 40.8. The van der Waals surface area contributed by atoms with Gasteiger partial charge in [0.2, 0.25) is 0 Å². The molecule has 0 amide bonds. The average Bonchev–Trinajstić information content (AvgIpc) is 3.29. The summed E-state index contributed by atoms with van der Waals surface area (Å²) in [7, 11) is -5.07. The van der Waals surface area contributed by atoms with E-state index in [4.69, 9.17) is 18.9 Å². The fourth-order valence-corrected chi connectivity index (χ4v) is 8.01. The van der Waals surface area contributed by atoms with Crippen LogP contribution in [0, 0.1) is 0 Å². The van der Waals surface area contributed by atoms with E-state index in [2.05, 4.69) is 90.9 Å². The van der Waals surface area contributed by atoms with Crippen LogP contribution in [-0.4, -0.2) is 97.5 Å². The SMILES string of the molecule is CC/C=C\C/C=C\C/C=C\C/C=C\C/C=C\C/C=C\CCCCC(=O)OC(COCCCCCCCCCCCCCCCCCCCC)COC1OC(CO)C(O)C(OS(=O)(=O)O)C1O. The molecule has 1 saturated heterocycles. The highest BCUT2D eigenvalue weighted by atomic mass is 32.3. The molecule has 0 radical (unpaired) electrons. The highest BCUT2D eigenvalue weighted by Crippen LogP contribution is 2.26. The van der Waals surface area contributed by atoms with Crippen molar-refractivity contribution in [3.63, 3.8) is 0 Å². The van der Waals surface area contributed by atoms with Gasteiger partial charge in [-0.25, -0.2) is 4.18 Å². The Balaban J connectivity index is 2.41. The molecular formula is C53H92O12S. The van der Waals surface area contributed by atoms with Crippen molar-refractivity contribution < 1.29 is 56.2 Å². The number of esters is 1. The number of unbranched alkanes of at least 4 members (excludes halogenated alkanes) is 19. The maximum Gasteiger partial charge on any atom is 0.397 e. The Hall–Kier alpha value is -2.46.